The van der Waals surface area contributed by atoms with Gasteiger partial charge in [-0.25, -0.2) is 0 Å². The number of aromatic nitrogens is 3. The number of aryl methyl sites for hydroxylation is 1. The standard InChI is InChI=1S/C25H19N3O2S/c1-17-7-5-6-10-21(17)23-26-25-28(27-23)24(29)22(31-25)15-18-11-13-20(14-12-18)30-16-19-8-3-2-4-9-19/h2-15H,16H2,1H3/b22-15-. The first-order valence-electron chi connectivity index (χ1n) is 9.91. The molecule has 31 heavy (non-hydrogen) atoms. The zero-order valence-electron chi connectivity index (χ0n) is 16.9. The highest BCUT2D eigenvalue weighted by Crippen LogP contribution is 2.20. The molecule has 152 valence electrons. The minimum absolute atomic E-state index is 0.156. The Morgan fingerprint density at radius 3 is 2.45 bits per heavy atom. The van der Waals surface area contributed by atoms with Gasteiger partial charge in [0.1, 0.15) is 12.4 Å². The smallest absolute Gasteiger partial charge is 0.291 e. The van der Waals surface area contributed by atoms with Crippen molar-refractivity contribution < 1.29 is 4.74 Å². The Labute approximate surface area is 182 Å². The molecule has 3 aromatic carbocycles. The first-order valence-corrected chi connectivity index (χ1v) is 10.7. The van der Waals surface area contributed by atoms with Gasteiger partial charge in [-0.3, -0.25) is 4.79 Å². The molecule has 5 rings (SSSR count). The molecule has 0 atom stereocenters. The maximum absolute atomic E-state index is 12.8. The number of ether oxygens (including phenoxy) is 1. The lowest BCUT2D eigenvalue weighted by molar-refractivity contribution is 0.306. The van der Waals surface area contributed by atoms with Gasteiger partial charge in [0, 0.05) is 5.56 Å². The predicted octanol–water partition coefficient (Wildman–Crippen LogP) is 4.25. The van der Waals surface area contributed by atoms with E-state index in [2.05, 4.69) is 10.1 Å². The maximum Gasteiger partial charge on any atom is 0.291 e. The molecule has 0 unspecified atom stereocenters. The summed E-state index contributed by atoms with van der Waals surface area (Å²) in [6, 6.07) is 25.6. The average molecular weight is 426 g/mol. The van der Waals surface area contributed by atoms with Crippen molar-refractivity contribution in [1.29, 1.82) is 0 Å². The summed E-state index contributed by atoms with van der Waals surface area (Å²) in [5, 5.41) is 4.44. The van der Waals surface area contributed by atoms with E-state index in [0.717, 1.165) is 28.0 Å². The summed E-state index contributed by atoms with van der Waals surface area (Å²) in [7, 11) is 0. The number of nitrogens with zero attached hydrogens (tertiary/aromatic N) is 3. The van der Waals surface area contributed by atoms with Gasteiger partial charge in [0.05, 0.1) is 4.53 Å². The van der Waals surface area contributed by atoms with Gasteiger partial charge >= 0.3 is 0 Å². The molecule has 0 radical (unpaired) electrons. The molecule has 0 amide bonds. The summed E-state index contributed by atoms with van der Waals surface area (Å²) >= 11 is 1.34. The second-order valence-corrected chi connectivity index (χ2v) is 8.21. The lowest BCUT2D eigenvalue weighted by Gasteiger charge is -2.06. The molecule has 0 bridgehead atoms. The van der Waals surface area contributed by atoms with E-state index in [-0.39, 0.29) is 5.56 Å². The van der Waals surface area contributed by atoms with Gasteiger partial charge in [-0.05, 0) is 41.8 Å². The molecule has 0 spiro atoms. The lowest BCUT2D eigenvalue weighted by Crippen LogP contribution is -2.23. The third-order valence-electron chi connectivity index (χ3n) is 4.99. The Bertz CT molecular complexity index is 1450. The van der Waals surface area contributed by atoms with Crippen LogP contribution in [0.15, 0.2) is 83.7 Å². The maximum atomic E-state index is 12.8. The first-order chi connectivity index (χ1) is 15.2. The largest absolute Gasteiger partial charge is 0.489 e. The van der Waals surface area contributed by atoms with Crippen molar-refractivity contribution in [2.45, 2.75) is 13.5 Å². The highest BCUT2D eigenvalue weighted by molar-refractivity contribution is 7.15. The first kappa shape index (κ1) is 19.2. The van der Waals surface area contributed by atoms with E-state index < -0.39 is 0 Å². The number of rotatable bonds is 5. The number of hydrogen-bond acceptors (Lipinski definition) is 5. The Kier molecular flexibility index (Phi) is 5.06. The van der Waals surface area contributed by atoms with Crippen molar-refractivity contribution in [3.63, 3.8) is 0 Å². The summed E-state index contributed by atoms with van der Waals surface area (Å²) in [5.41, 5.74) is 3.90. The van der Waals surface area contributed by atoms with Gasteiger partial charge < -0.3 is 4.74 Å². The second kappa shape index (κ2) is 8.16. The molecule has 0 saturated heterocycles. The van der Waals surface area contributed by atoms with Crippen molar-refractivity contribution in [3.05, 3.63) is 110 Å². The molecule has 5 nitrogen and oxygen atoms in total. The van der Waals surface area contributed by atoms with Crippen molar-refractivity contribution in [2.75, 3.05) is 0 Å². The van der Waals surface area contributed by atoms with Crippen LogP contribution in [-0.2, 0) is 6.61 Å². The Balaban J connectivity index is 1.38. The fourth-order valence-electron chi connectivity index (χ4n) is 3.32. The van der Waals surface area contributed by atoms with Gasteiger partial charge in [-0.2, -0.15) is 9.50 Å². The monoisotopic (exact) mass is 425 g/mol. The SMILES string of the molecule is Cc1ccccc1-c1nc2s/c(=C\c3ccc(OCc4ccccc4)cc3)c(=O)n2n1. The second-order valence-electron chi connectivity index (χ2n) is 7.20. The summed E-state index contributed by atoms with van der Waals surface area (Å²) in [6.07, 6.45) is 1.86. The summed E-state index contributed by atoms with van der Waals surface area (Å²) < 4.78 is 7.81. The van der Waals surface area contributed by atoms with Crippen molar-refractivity contribution in [3.8, 4) is 17.1 Å². The van der Waals surface area contributed by atoms with E-state index in [4.69, 9.17) is 4.74 Å². The third kappa shape index (κ3) is 3.98. The molecule has 2 aromatic heterocycles. The highest BCUT2D eigenvalue weighted by atomic mass is 32.1. The van der Waals surface area contributed by atoms with E-state index in [1.54, 1.807) is 0 Å². The average Bonchev–Trinajstić information content (AvgIpc) is 3.33. The Hall–Kier alpha value is -3.77. The third-order valence-corrected chi connectivity index (χ3v) is 5.95. The quantitative estimate of drug-likeness (QED) is 0.422. The van der Waals surface area contributed by atoms with Crippen LogP contribution in [0, 0.1) is 6.92 Å². The molecular weight excluding hydrogens is 406 g/mol. The van der Waals surface area contributed by atoms with Crippen LogP contribution in [0.5, 0.6) is 5.75 Å². The molecule has 0 fully saturated rings. The molecule has 0 aliphatic heterocycles. The minimum atomic E-state index is -0.156. The van der Waals surface area contributed by atoms with Crippen LogP contribution in [-0.4, -0.2) is 14.6 Å². The van der Waals surface area contributed by atoms with Crippen LogP contribution < -0.4 is 14.8 Å². The summed E-state index contributed by atoms with van der Waals surface area (Å²) in [4.78, 5) is 18.0. The fraction of sp³-hybridized carbons (Fsp3) is 0.0800. The van der Waals surface area contributed by atoms with Crippen LogP contribution in [0.1, 0.15) is 16.7 Å². The number of fused-ring (bicyclic) bond motifs is 1. The van der Waals surface area contributed by atoms with E-state index in [0.29, 0.717) is 21.9 Å². The Morgan fingerprint density at radius 2 is 1.71 bits per heavy atom. The van der Waals surface area contributed by atoms with Crippen molar-refractivity contribution >= 4 is 22.4 Å². The molecule has 5 aromatic rings. The van der Waals surface area contributed by atoms with E-state index in [9.17, 15) is 4.79 Å². The fourth-order valence-corrected chi connectivity index (χ4v) is 4.23. The summed E-state index contributed by atoms with van der Waals surface area (Å²) in [6.45, 7) is 2.53. The van der Waals surface area contributed by atoms with Crippen LogP contribution in [0.3, 0.4) is 0 Å². The lowest BCUT2D eigenvalue weighted by atomic mass is 10.1. The minimum Gasteiger partial charge on any atom is -0.489 e. The van der Waals surface area contributed by atoms with Crippen molar-refractivity contribution in [2.24, 2.45) is 0 Å². The van der Waals surface area contributed by atoms with E-state index in [1.165, 1.54) is 15.9 Å². The van der Waals surface area contributed by atoms with E-state index >= 15 is 0 Å². The number of thiazole rings is 1. The van der Waals surface area contributed by atoms with Gasteiger partial charge in [0.2, 0.25) is 4.96 Å². The molecule has 2 heterocycles. The normalized spacial score (nSPS) is 11.8. The van der Waals surface area contributed by atoms with Crippen LogP contribution in [0.4, 0.5) is 0 Å². The molecule has 0 saturated carbocycles. The van der Waals surface area contributed by atoms with E-state index in [1.807, 2.05) is 91.9 Å². The van der Waals surface area contributed by atoms with Gasteiger partial charge in [0.25, 0.3) is 5.56 Å². The molecule has 0 N–H and O–H groups in total. The Morgan fingerprint density at radius 1 is 0.968 bits per heavy atom. The van der Waals surface area contributed by atoms with Gasteiger partial charge in [-0.15, -0.1) is 5.10 Å². The zero-order valence-corrected chi connectivity index (χ0v) is 17.7. The van der Waals surface area contributed by atoms with Crippen molar-refractivity contribution in [1.82, 2.24) is 14.6 Å². The highest BCUT2D eigenvalue weighted by Gasteiger charge is 2.13. The molecule has 6 heteroatoms. The molecular formula is C25H19N3O2S. The topological polar surface area (TPSA) is 56.5 Å². The molecule has 0 aliphatic carbocycles. The van der Waals surface area contributed by atoms with Gasteiger partial charge in [0.15, 0.2) is 5.82 Å². The van der Waals surface area contributed by atoms with Crippen LogP contribution in [0.25, 0.3) is 22.4 Å². The van der Waals surface area contributed by atoms with Crippen LogP contribution >= 0.6 is 11.3 Å². The van der Waals surface area contributed by atoms with Gasteiger partial charge in [-0.1, -0.05) is 78.1 Å². The number of hydrogen-bond donors (Lipinski definition) is 0. The zero-order chi connectivity index (χ0) is 21.2. The van der Waals surface area contributed by atoms with Crippen LogP contribution in [0.2, 0.25) is 0 Å². The predicted molar refractivity (Wildman–Crippen MR) is 123 cm³/mol. The number of benzene rings is 3. The summed E-state index contributed by atoms with van der Waals surface area (Å²) in [5.74, 6) is 1.36. The molecule has 0 aliphatic rings.